The number of amides is 1. The standard InChI is InChI=1S/C23H27NO3/c1-26-22-15-18(11-14-21(22)27-20-9-5-6-10-20)23(25)24(19-12-13-19)16-17-7-3-2-4-8-17/h2-4,7-8,11,14-15,19-20H,5-6,9-10,12-13,16H2,1H3. The molecule has 0 atom stereocenters. The Balaban J connectivity index is 1.52. The van der Waals surface area contributed by atoms with Gasteiger partial charge in [-0.1, -0.05) is 30.3 Å². The Bertz CT molecular complexity index is 779. The van der Waals surface area contributed by atoms with Crippen LogP contribution in [0.1, 0.15) is 54.4 Å². The molecule has 0 heterocycles. The summed E-state index contributed by atoms with van der Waals surface area (Å²) in [6.45, 7) is 0.646. The molecule has 4 rings (SSSR count). The molecule has 0 aromatic heterocycles. The minimum absolute atomic E-state index is 0.0621. The number of hydrogen-bond donors (Lipinski definition) is 0. The molecule has 0 aliphatic heterocycles. The molecule has 2 aliphatic carbocycles. The van der Waals surface area contributed by atoms with Crippen molar-refractivity contribution in [1.82, 2.24) is 4.90 Å². The van der Waals surface area contributed by atoms with Gasteiger partial charge < -0.3 is 14.4 Å². The normalized spacial score (nSPS) is 16.9. The molecule has 0 saturated heterocycles. The maximum Gasteiger partial charge on any atom is 0.254 e. The molecule has 2 aromatic carbocycles. The first-order chi connectivity index (χ1) is 13.2. The summed E-state index contributed by atoms with van der Waals surface area (Å²) >= 11 is 0. The Morgan fingerprint density at radius 2 is 1.74 bits per heavy atom. The second kappa shape index (κ2) is 8.03. The van der Waals surface area contributed by atoms with Gasteiger partial charge in [-0.15, -0.1) is 0 Å². The number of rotatable bonds is 7. The number of benzene rings is 2. The van der Waals surface area contributed by atoms with Gasteiger partial charge in [0, 0.05) is 18.2 Å². The molecule has 0 unspecified atom stereocenters. The molecule has 0 spiro atoms. The van der Waals surface area contributed by atoms with E-state index in [0.29, 0.717) is 23.9 Å². The molecule has 2 aliphatic rings. The van der Waals surface area contributed by atoms with Crippen molar-refractivity contribution in [3.63, 3.8) is 0 Å². The van der Waals surface area contributed by atoms with E-state index in [1.54, 1.807) is 7.11 Å². The molecule has 0 bridgehead atoms. The third-order valence-corrected chi connectivity index (χ3v) is 5.45. The van der Waals surface area contributed by atoms with E-state index in [-0.39, 0.29) is 12.0 Å². The van der Waals surface area contributed by atoms with E-state index in [4.69, 9.17) is 9.47 Å². The fourth-order valence-electron chi connectivity index (χ4n) is 3.78. The lowest BCUT2D eigenvalue weighted by molar-refractivity contribution is 0.0729. The monoisotopic (exact) mass is 365 g/mol. The van der Waals surface area contributed by atoms with Gasteiger partial charge in [-0.3, -0.25) is 4.79 Å². The van der Waals surface area contributed by atoms with Gasteiger partial charge in [-0.05, 0) is 62.3 Å². The molecule has 27 heavy (non-hydrogen) atoms. The number of carbonyl (C=O) groups excluding carboxylic acids is 1. The van der Waals surface area contributed by atoms with Crippen LogP contribution >= 0.6 is 0 Å². The first-order valence-electron chi connectivity index (χ1n) is 9.94. The first-order valence-corrected chi connectivity index (χ1v) is 9.94. The summed E-state index contributed by atoms with van der Waals surface area (Å²) in [5.74, 6) is 1.44. The molecule has 0 radical (unpaired) electrons. The van der Waals surface area contributed by atoms with E-state index in [1.807, 2.05) is 41.3 Å². The minimum Gasteiger partial charge on any atom is -0.493 e. The van der Waals surface area contributed by atoms with E-state index in [9.17, 15) is 4.79 Å². The average molecular weight is 365 g/mol. The van der Waals surface area contributed by atoms with Crippen molar-refractivity contribution in [3.05, 3.63) is 59.7 Å². The highest BCUT2D eigenvalue weighted by molar-refractivity contribution is 5.95. The van der Waals surface area contributed by atoms with Crippen molar-refractivity contribution < 1.29 is 14.3 Å². The van der Waals surface area contributed by atoms with Crippen LogP contribution in [0, 0.1) is 0 Å². The maximum absolute atomic E-state index is 13.2. The van der Waals surface area contributed by atoms with Crippen LogP contribution in [0.2, 0.25) is 0 Å². The predicted octanol–water partition coefficient (Wildman–Crippen LogP) is 4.82. The van der Waals surface area contributed by atoms with Crippen LogP contribution < -0.4 is 9.47 Å². The van der Waals surface area contributed by atoms with Crippen LogP contribution in [0.25, 0.3) is 0 Å². The summed E-state index contributed by atoms with van der Waals surface area (Å²) in [4.78, 5) is 15.2. The summed E-state index contributed by atoms with van der Waals surface area (Å²) in [5, 5.41) is 0. The second-order valence-corrected chi connectivity index (χ2v) is 7.54. The van der Waals surface area contributed by atoms with E-state index in [1.165, 1.54) is 12.8 Å². The highest BCUT2D eigenvalue weighted by Crippen LogP contribution is 2.34. The quantitative estimate of drug-likeness (QED) is 0.706. The molecular formula is C23H27NO3. The molecular weight excluding hydrogens is 338 g/mol. The highest BCUT2D eigenvalue weighted by atomic mass is 16.5. The van der Waals surface area contributed by atoms with Crippen LogP contribution in [0.5, 0.6) is 11.5 Å². The van der Waals surface area contributed by atoms with Crippen molar-refractivity contribution in [2.24, 2.45) is 0 Å². The first kappa shape index (κ1) is 17.9. The average Bonchev–Trinajstić information content (AvgIpc) is 3.43. The second-order valence-electron chi connectivity index (χ2n) is 7.54. The van der Waals surface area contributed by atoms with E-state index in [2.05, 4.69) is 12.1 Å². The van der Waals surface area contributed by atoms with Gasteiger partial charge in [-0.25, -0.2) is 0 Å². The maximum atomic E-state index is 13.2. The topological polar surface area (TPSA) is 38.8 Å². The predicted molar refractivity (Wildman–Crippen MR) is 105 cm³/mol. The van der Waals surface area contributed by atoms with Gasteiger partial charge in [0.05, 0.1) is 13.2 Å². The number of nitrogens with zero attached hydrogens (tertiary/aromatic N) is 1. The Morgan fingerprint density at radius 1 is 1.00 bits per heavy atom. The zero-order valence-electron chi connectivity index (χ0n) is 15.9. The molecule has 2 fully saturated rings. The fraction of sp³-hybridized carbons (Fsp3) is 0.435. The number of ether oxygens (including phenoxy) is 2. The summed E-state index contributed by atoms with van der Waals surface area (Å²) < 4.78 is 11.6. The van der Waals surface area contributed by atoms with Crippen molar-refractivity contribution in [3.8, 4) is 11.5 Å². The number of hydrogen-bond acceptors (Lipinski definition) is 3. The number of carbonyl (C=O) groups is 1. The Kier molecular flexibility index (Phi) is 5.33. The molecule has 4 nitrogen and oxygen atoms in total. The summed E-state index contributed by atoms with van der Waals surface area (Å²) in [6.07, 6.45) is 7.06. The molecule has 2 aromatic rings. The van der Waals surface area contributed by atoms with Crippen molar-refractivity contribution >= 4 is 5.91 Å². The molecule has 2 saturated carbocycles. The summed E-state index contributed by atoms with van der Waals surface area (Å²) in [5.41, 5.74) is 1.82. The van der Waals surface area contributed by atoms with Crippen LogP contribution in [0.3, 0.4) is 0 Å². The smallest absolute Gasteiger partial charge is 0.254 e. The Hall–Kier alpha value is -2.49. The van der Waals surface area contributed by atoms with Crippen LogP contribution in [0.15, 0.2) is 48.5 Å². The Morgan fingerprint density at radius 3 is 2.41 bits per heavy atom. The third-order valence-electron chi connectivity index (χ3n) is 5.45. The minimum atomic E-state index is 0.0621. The third kappa shape index (κ3) is 4.26. The van der Waals surface area contributed by atoms with Gasteiger partial charge in [0.1, 0.15) is 0 Å². The van der Waals surface area contributed by atoms with Gasteiger partial charge >= 0.3 is 0 Å². The lowest BCUT2D eigenvalue weighted by Gasteiger charge is -2.23. The molecule has 0 N–H and O–H groups in total. The van der Waals surface area contributed by atoms with Crippen LogP contribution in [0.4, 0.5) is 0 Å². The molecule has 1 amide bonds. The fourth-order valence-corrected chi connectivity index (χ4v) is 3.78. The van der Waals surface area contributed by atoms with E-state index < -0.39 is 0 Å². The van der Waals surface area contributed by atoms with Crippen molar-refractivity contribution in [1.29, 1.82) is 0 Å². The molecule has 4 heteroatoms. The van der Waals surface area contributed by atoms with Crippen molar-refractivity contribution in [2.75, 3.05) is 7.11 Å². The zero-order valence-corrected chi connectivity index (χ0v) is 15.9. The zero-order chi connectivity index (χ0) is 18.6. The Labute approximate surface area is 161 Å². The van der Waals surface area contributed by atoms with Crippen LogP contribution in [-0.4, -0.2) is 30.1 Å². The lowest BCUT2D eigenvalue weighted by Crippen LogP contribution is -2.32. The number of methoxy groups -OCH3 is 1. The van der Waals surface area contributed by atoms with Gasteiger partial charge in [0.15, 0.2) is 11.5 Å². The highest BCUT2D eigenvalue weighted by Gasteiger charge is 2.33. The summed E-state index contributed by atoms with van der Waals surface area (Å²) in [6, 6.07) is 16.1. The molecule has 142 valence electrons. The van der Waals surface area contributed by atoms with Gasteiger partial charge in [-0.2, -0.15) is 0 Å². The largest absolute Gasteiger partial charge is 0.493 e. The van der Waals surface area contributed by atoms with E-state index in [0.717, 1.165) is 37.0 Å². The van der Waals surface area contributed by atoms with Crippen LogP contribution in [-0.2, 0) is 6.54 Å². The van der Waals surface area contributed by atoms with Gasteiger partial charge in [0.25, 0.3) is 5.91 Å². The lowest BCUT2D eigenvalue weighted by atomic mass is 10.1. The summed E-state index contributed by atoms with van der Waals surface area (Å²) in [7, 11) is 1.63. The van der Waals surface area contributed by atoms with Gasteiger partial charge in [0.2, 0.25) is 0 Å². The van der Waals surface area contributed by atoms with Crippen molar-refractivity contribution in [2.45, 2.75) is 57.2 Å². The SMILES string of the molecule is COc1cc(C(=O)N(Cc2ccccc2)C2CC2)ccc1OC1CCCC1. The van der Waals surface area contributed by atoms with E-state index >= 15 is 0 Å².